The van der Waals surface area contributed by atoms with E-state index in [1.165, 1.54) is 0 Å². The minimum absolute atomic E-state index is 0.0411. The van der Waals surface area contributed by atoms with Gasteiger partial charge in [0.15, 0.2) is 0 Å². The van der Waals surface area contributed by atoms with E-state index < -0.39 is 11.6 Å². The number of amides is 3. The molecule has 2 fully saturated rings. The molecule has 3 amide bonds. The predicted molar refractivity (Wildman–Crippen MR) is 85.0 cm³/mol. The van der Waals surface area contributed by atoms with Gasteiger partial charge in [0.1, 0.15) is 12.1 Å². The number of carbonyl (C=O) groups excluding carboxylic acids is 2. The maximum absolute atomic E-state index is 12.6. The quantitative estimate of drug-likeness (QED) is 0.860. The molecule has 2 aromatic rings. The van der Waals surface area contributed by atoms with E-state index in [1.807, 2.05) is 0 Å². The van der Waals surface area contributed by atoms with Crippen LogP contribution in [0.3, 0.4) is 0 Å². The Balaban J connectivity index is 1.54. The van der Waals surface area contributed by atoms with Crippen molar-refractivity contribution in [3.8, 4) is 11.4 Å². The number of halogens is 1. The van der Waals surface area contributed by atoms with E-state index in [9.17, 15) is 9.59 Å². The highest BCUT2D eigenvalue weighted by Crippen LogP contribution is 2.42. The van der Waals surface area contributed by atoms with Crippen LogP contribution < -0.4 is 5.32 Å². The normalized spacial score (nSPS) is 23.7. The standard InChI is InChI=1S/C16H15ClN4O3/c1-16(10-5-6-10)14(22)21(15(23)19-16)8-12-18-13(20-24-12)9-3-2-4-11(17)7-9/h2-4,7,10H,5-6,8H2,1H3,(H,19,23)/t16-/m0/s1. The number of urea groups is 1. The van der Waals surface area contributed by atoms with Crippen LogP contribution in [0.25, 0.3) is 11.4 Å². The first-order valence-electron chi connectivity index (χ1n) is 7.70. The van der Waals surface area contributed by atoms with Crippen LogP contribution in [0, 0.1) is 5.92 Å². The molecule has 0 bridgehead atoms. The van der Waals surface area contributed by atoms with Gasteiger partial charge < -0.3 is 9.84 Å². The molecule has 24 heavy (non-hydrogen) atoms. The van der Waals surface area contributed by atoms with Crippen LogP contribution in [0.15, 0.2) is 28.8 Å². The molecule has 2 heterocycles. The number of nitrogens with one attached hydrogen (secondary N) is 1. The van der Waals surface area contributed by atoms with Gasteiger partial charge in [-0.2, -0.15) is 4.98 Å². The van der Waals surface area contributed by atoms with Crippen molar-refractivity contribution in [2.24, 2.45) is 5.92 Å². The van der Waals surface area contributed by atoms with Crippen LogP contribution in [0.4, 0.5) is 4.79 Å². The Morgan fingerprint density at radius 2 is 2.21 bits per heavy atom. The lowest BCUT2D eigenvalue weighted by Crippen LogP contribution is -2.46. The number of benzene rings is 1. The van der Waals surface area contributed by atoms with E-state index in [2.05, 4.69) is 15.5 Å². The highest BCUT2D eigenvalue weighted by molar-refractivity contribution is 6.30. The number of hydrogen-bond acceptors (Lipinski definition) is 5. The zero-order chi connectivity index (χ0) is 16.9. The average Bonchev–Trinajstić information content (AvgIpc) is 3.27. The van der Waals surface area contributed by atoms with Gasteiger partial charge >= 0.3 is 6.03 Å². The van der Waals surface area contributed by atoms with Crippen LogP contribution in [0.5, 0.6) is 0 Å². The van der Waals surface area contributed by atoms with Crippen LogP contribution in [0.2, 0.25) is 5.02 Å². The highest BCUT2D eigenvalue weighted by Gasteiger charge is 2.56. The largest absolute Gasteiger partial charge is 0.337 e. The molecular weight excluding hydrogens is 332 g/mol. The number of rotatable bonds is 4. The number of imide groups is 1. The first-order valence-corrected chi connectivity index (χ1v) is 8.08. The smallest absolute Gasteiger partial charge is 0.325 e. The summed E-state index contributed by atoms with van der Waals surface area (Å²) in [7, 11) is 0. The second-order valence-corrected chi connectivity index (χ2v) is 6.76. The summed E-state index contributed by atoms with van der Waals surface area (Å²) in [6, 6.07) is 6.63. The third-order valence-corrected chi connectivity index (χ3v) is 4.77. The fourth-order valence-electron chi connectivity index (χ4n) is 3.00. The van der Waals surface area contributed by atoms with Crippen LogP contribution in [-0.2, 0) is 11.3 Å². The topological polar surface area (TPSA) is 88.3 Å². The molecule has 7 nitrogen and oxygen atoms in total. The van der Waals surface area contributed by atoms with E-state index in [0.717, 1.165) is 17.7 Å². The molecule has 1 saturated carbocycles. The summed E-state index contributed by atoms with van der Waals surface area (Å²) in [4.78, 5) is 30.1. The van der Waals surface area contributed by atoms with Gasteiger partial charge in [-0.05, 0) is 37.8 Å². The van der Waals surface area contributed by atoms with Gasteiger partial charge in [-0.25, -0.2) is 4.79 Å². The van der Waals surface area contributed by atoms with Gasteiger partial charge in [0.05, 0.1) is 0 Å². The third kappa shape index (κ3) is 2.45. The SMILES string of the molecule is C[C@@]1(C2CC2)NC(=O)N(Cc2nc(-c3cccc(Cl)c3)no2)C1=O. The van der Waals surface area contributed by atoms with Crippen molar-refractivity contribution in [2.75, 3.05) is 0 Å². The van der Waals surface area contributed by atoms with Crippen molar-refractivity contribution in [1.82, 2.24) is 20.4 Å². The monoisotopic (exact) mass is 346 g/mol. The molecule has 4 rings (SSSR count). The number of carbonyl (C=O) groups is 2. The molecule has 1 atom stereocenters. The molecule has 1 aliphatic carbocycles. The first-order chi connectivity index (χ1) is 11.5. The fourth-order valence-corrected chi connectivity index (χ4v) is 3.19. The number of hydrogen-bond donors (Lipinski definition) is 1. The van der Waals surface area contributed by atoms with E-state index in [1.54, 1.807) is 31.2 Å². The van der Waals surface area contributed by atoms with Crippen molar-refractivity contribution in [2.45, 2.75) is 31.8 Å². The Morgan fingerprint density at radius 1 is 1.42 bits per heavy atom. The zero-order valence-electron chi connectivity index (χ0n) is 13.0. The molecule has 1 aromatic carbocycles. The van der Waals surface area contributed by atoms with Gasteiger partial charge in [0.25, 0.3) is 5.91 Å². The van der Waals surface area contributed by atoms with Gasteiger partial charge in [-0.3, -0.25) is 9.69 Å². The number of nitrogens with zero attached hydrogens (tertiary/aromatic N) is 3. The van der Waals surface area contributed by atoms with Crippen LogP contribution in [-0.4, -0.2) is 32.5 Å². The molecule has 1 saturated heterocycles. The first kappa shape index (κ1) is 15.1. The van der Waals surface area contributed by atoms with E-state index in [0.29, 0.717) is 16.4 Å². The molecule has 0 spiro atoms. The lowest BCUT2D eigenvalue weighted by Gasteiger charge is -2.20. The molecule has 1 N–H and O–H groups in total. The maximum atomic E-state index is 12.6. The minimum Gasteiger partial charge on any atom is -0.337 e. The van der Waals surface area contributed by atoms with Crippen molar-refractivity contribution < 1.29 is 14.1 Å². The van der Waals surface area contributed by atoms with Crippen LogP contribution in [0.1, 0.15) is 25.7 Å². The van der Waals surface area contributed by atoms with Crippen molar-refractivity contribution in [3.63, 3.8) is 0 Å². The maximum Gasteiger partial charge on any atom is 0.325 e. The predicted octanol–water partition coefficient (Wildman–Crippen LogP) is 2.61. The molecule has 0 radical (unpaired) electrons. The van der Waals surface area contributed by atoms with E-state index >= 15 is 0 Å². The lowest BCUT2D eigenvalue weighted by atomic mass is 9.96. The van der Waals surface area contributed by atoms with Gasteiger partial charge in [0, 0.05) is 10.6 Å². The summed E-state index contributed by atoms with van der Waals surface area (Å²) in [5.41, 5.74) is -0.107. The summed E-state index contributed by atoms with van der Waals surface area (Å²) in [5, 5.41) is 7.24. The summed E-state index contributed by atoms with van der Waals surface area (Å²) in [6.45, 7) is 1.73. The van der Waals surface area contributed by atoms with Crippen molar-refractivity contribution in [3.05, 3.63) is 35.2 Å². The Morgan fingerprint density at radius 3 is 2.92 bits per heavy atom. The summed E-state index contributed by atoms with van der Waals surface area (Å²) >= 11 is 5.95. The van der Waals surface area contributed by atoms with E-state index in [4.69, 9.17) is 16.1 Å². The zero-order valence-corrected chi connectivity index (χ0v) is 13.7. The minimum atomic E-state index is -0.813. The molecule has 1 aliphatic heterocycles. The molecule has 2 aliphatic rings. The molecular formula is C16H15ClN4O3. The van der Waals surface area contributed by atoms with Crippen LogP contribution >= 0.6 is 11.6 Å². The number of aromatic nitrogens is 2. The molecule has 0 unspecified atom stereocenters. The van der Waals surface area contributed by atoms with Crippen molar-refractivity contribution >= 4 is 23.5 Å². The Kier molecular flexibility index (Phi) is 3.35. The Hall–Kier alpha value is -2.41. The molecule has 8 heteroatoms. The summed E-state index contributed by atoms with van der Waals surface area (Å²) < 4.78 is 5.18. The van der Waals surface area contributed by atoms with E-state index in [-0.39, 0.29) is 24.3 Å². The fraction of sp³-hybridized carbons (Fsp3) is 0.375. The van der Waals surface area contributed by atoms with Gasteiger partial charge in [-0.15, -0.1) is 0 Å². The second kappa shape index (κ2) is 5.31. The molecule has 124 valence electrons. The van der Waals surface area contributed by atoms with Gasteiger partial charge in [-0.1, -0.05) is 28.9 Å². The average molecular weight is 347 g/mol. The Bertz CT molecular complexity index is 832. The second-order valence-electron chi connectivity index (χ2n) is 6.32. The molecule has 1 aromatic heterocycles. The lowest BCUT2D eigenvalue weighted by molar-refractivity contribution is -0.132. The van der Waals surface area contributed by atoms with Crippen molar-refractivity contribution in [1.29, 1.82) is 0 Å². The Labute approximate surface area is 143 Å². The summed E-state index contributed by atoms with van der Waals surface area (Å²) in [5.74, 6) is 0.541. The van der Waals surface area contributed by atoms with Gasteiger partial charge in [0.2, 0.25) is 11.7 Å². The third-order valence-electron chi connectivity index (χ3n) is 4.54. The summed E-state index contributed by atoms with van der Waals surface area (Å²) in [6.07, 6.45) is 1.91. The highest BCUT2D eigenvalue weighted by atomic mass is 35.5.